The van der Waals surface area contributed by atoms with Crippen molar-refractivity contribution >= 4 is 11.9 Å². The quantitative estimate of drug-likeness (QED) is 0.461. The Kier molecular flexibility index (Phi) is 7.30. The van der Waals surface area contributed by atoms with Gasteiger partial charge in [0.05, 0.1) is 30.8 Å². The molecule has 0 radical (unpaired) electrons. The average Bonchev–Trinajstić information content (AvgIpc) is 2.65. The number of rotatable bonds is 7. The molecule has 0 spiro atoms. The lowest BCUT2D eigenvalue weighted by atomic mass is 9.80. The van der Waals surface area contributed by atoms with E-state index < -0.39 is 23.2 Å². The molecule has 0 bridgehead atoms. The summed E-state index contributed by atoms with van der Waals surface area (Å²) in [6.07, 6.45) is 0. The largest absolute Gasteiger partial charge is 0.566 e. The summed E-state index contributed by atoms with van der Waals surface area (Å²) >= 11 is 0. The van der Waals surface area contributed by atoms with Crippen LogP contribution in [-0.4, -0.2) is 30.9 Å². The molecule has 0 aromatic heterocycles. The smallest absolute Gasteiger partial charge is 0.336 e. The molecular formula is C19H24N2O7. The summed E-state index contributed by atoms with van der Waals surface area (Å²) in [5, 5.41) is 20.8. The van der Waals surface area contributed by atoms with E-state index in [0.717, 1.165) is 0 Å². The predicted molar refractivity (Wildman–Crippen MR) is 97.3 cm³/mol. The highest BCUT2D eigenvalue weighted by molar-refractivity contribution is 5.99. The fourth-order valence-electron chi connectivity index (χ4n) is 3.14. The molecule has 0 saturated heterocycles. The van der Waals surface area contributed by atoms with E-state index in [1.54, 1.807) is 45.0 Å². The molecule has 0 aliphatic carbocycles. The molecule has 1 aromatic rings. The fourth-order valence-corrected chi connectivity index (χ4v) is 3.14. The number of methoxy groups -OCH3 is 1. The van der Waals surface area contributed by atoms with Crippen molar-refractivity contribution in [2.75, 3.05) is 13.7 Å². The lowest BCUT2D eigenvalue weighted by molar-refractivity contribution is -1.21. The topological polar surface area (TPSA) is 122 Å². The molecule has 1 aliphatic heterocycles. The maximum absolute atomic E-state index is 12.6. The van der Waals surface area contributed by atoms with Gasteiger partial charge in [-0.1, -0.05) is 29.7 Å². The molecule has 0 saturated carbocycles. The van der Waals surface area contributed by atoms with Crippen molar-refractivity contribution in [3.05, 3.63) is 63.1 Å². The third-order valence-electron chi connectivity index (χ3n) is 4.34. The summed E-state index contributed by atoms with van der Waals surface area (Å²) in [5.41, 5.74) is 3.11. The van der Waals surface area contributed by atoms with Gasteiger partial charge in [0.1, 0.15) is 6.61 Å². The molecule has 1 heterocycles. The first-order chi connectivity index (χ1) is 13.3. The average molecular weight is 392 g/mol. The van der Waals surface area contributed by atoms with Crippen molar-refractivity contribution in [1.29, 1.82) is 0 Å². The van der Waals surface area contributed by atoms with Crippen LogP contribution in [0.25, 0.3) is 0 Å². The monoisotopic (exact) mass is 392 g/mol. The van der Waals surface area contributed by atoms with Crippen LogP contribution in [-0.2, 0) is 30.5 Å². The van der Waals surface area contributed by atoms with Gasteiger partial charge >= 0.3 is 11.9 Å². The van der Waals surface area contributed by atoms with Gasteiger partial charge in [0.25, 0.3) is 0 Å². The molecule has 3 N–H and O–H groups in total. The number of carbonyl (C=O) groups is 2. The summed E-state index contributed by atoms with van der Waals surface area (Å²) in [6.45, 7) is 5.29. The van der Waals surface area contributed by atoms with E-state index in [-0.39, 0.29) is 13.2 Å². The number of carbonyl (C=O) groups excluding carboxylic acids is 2. The second-order valence-corrected chi connectivity index (χ2v) is 6.14. The zero-order valence-electron chi connectivity index (χ0n) is 16.2. The standard InChI is InChI=1S/C19H24N2O7/c1-5-27-19(23)16-12(3)20-11(2)15(18(22)26-4)17(16)14-8-6-13(7-9-14)10-28-21(24)25/h6-9,17,20-21,24H,5,10H2,1-4H3/t17-/m0/s1. The number of esters is 2. The number of quaternary nitrogens is 1. The SMILES string of the molecule is CCOC(=O)C1=C(C)NC(C)=C(C(=O)OC)[C@@H]1c1ccc(CO[NH+]([O-])O)cc1. The molecule has 1 aromatic carbocycles. The van der Waals surface area contributed by atoms with Crippen LogP contribution in [0, 0.1) is 5.21 Å². The Balaban J connectivity index is 2.49. The van der Waals surface area contributed by atoms with Crippen LogP contribution in [0.3, 0.4) is 0 Å². The molecule has 2 rings (SSSR count). The molecule has 2 atom stereocenters. The van der Waals surface area contributed by atoms with Gasteiger partial charge in [-0.15, -0.1) is 0 Å². The minimum atomic E-state index is -1.36. The van der Waals surface area contributed by atoms with Gasteiger partial charge in [-0.2, -0.15) is 10.0 Å². The number of allylic oxidation sites excluding steroid dienone is 2. The highest BCUT2D eigenvalue weighted by Gasteiger charge is 2.37. The van der Waals surface area contributed by atoms with E-state index in [9.17, 15) is 14.8 Å². The van der Waals surface area contributed by atoms with Gasteiger partial charge in [0.2, 0.25) is 0 Å². The number of benzene rings is 1. The van der Waals surface area contributed by atoms with Crippen LogP contribution in [0.5, 0.6) is 0 Å². The first kappa shape index (κ1) is 21.6. The normalized spacial score (nSPS) is 17.9. The van der Waals surface area contributed by atoms with Crippen LogP contribution >= 0.6 is 0 Å². The van der Waals surface area contributed by atoms with Gasteiger partial charge in [0, 0.05) is 11.4 Å². The van der Waals surface area contributed by atoms with E-state index in [2.05, 4.69) is 10.2 Å². The molecule has 1 aliphatic rings. The second-order valence-electron chi connectivity index (χ2n) is 6.14. The fraction of sp³-hybridized carbons (Fsp3) is 0.368. The summed E-state index contributed by atoms with van der Waals surface area (Å²) in [4.78, 5) is 29.6. The Morgan fingerprint density at radius 2 is 1.71 bits per heavy atom. The highest BCUT2D eigenvalue weighted by atomic mass is 17.1. The van der Waals surface area contributed by atoms with Crippen molar-refractivity contribution in [3.63, 3.8) is 0 Å². The van der Waals surface area contributed by atoms with Crippen LogP contribution in [0.1, 0.15) is 37.8 Å². The summed E-state index contributed by atoms with van der Waals surface area (Å²) in [6, 6.07) is 6.81. The molecule has 9 nitrogen and oxygen atoms in total. The summed E-state index contributed by atoms with van der Waals surface area (Å²) < 4.78 is 10.1. The zero-order valence-corrected chi connectivity index (χ0v) is 16.2. The molecule has 0 amide bonds. The lowest BCUT2D eigenvalue weighted by Gasteiger charge is -2.30. The van der Waals surface area contributed by atoms with E-state index in [4.69, 9.17) is 14.7 Å². The van der Waals surface area contributed by atoms with Crippen molar-refractivity contribution in [2.24, 2.45) is 0 Å². The third kappa shape index (κ3) is 4.76. The van der Waals surface area contributed by atoms with Crippen molar-refractivity contribution < 1.29 is 34.5 Å². The maximum Gasteiger partial charge on any atom is 0.336 e. The second kappa shape index (κ2) is 9.47. The first-order valence-corrected chi connectivity index (χ1v) is 8.68. The van der Waals surface area contributed by atoms with Crippen LogP contribution in [0.4, 0.5) is 0 Å². The Labute approximate surface area is 162 Å². The van der Waals surface area contributed by atoms with Gasteiger partial charge in [-0.05, 0) is 31.9 Å². The third-order valence-corrected chi connectivity index (χ3v) is 4.34. The van der Waals surface area contributed by atoms with Crippen molar-refractivity contribution in [3.8, 4) is 0 Å². The molecule has 9 heteroatoms. The van der Waals surface area contributed by atoms with Gasteiger partial charge in [0.15, 0.2) is 0 Å². The predicted octanol–water partition coefficient (Wildman–Crippen LogP) is 0.861. The van der Waals surface area contributed by atoms with Crippen LogP contribution < -0.4 is 10.7 Å². The van der Waals surface area contributed by atoms with E-state index in [0.29, 0.717) is 33.7 Å². The number of ether oxygens (including phenoxy) is 2. The van der Waals surface area contributed by atoms with E-state index in [1.807, 2.05) is 0 Å². The van der Waals surface area contributed by atoms with Gasteiger partial charge < -0.3 is 20.0 Å². The Bertz CT molecular complexity index is 797. The summed E-state index contributed by atoms with van der Waals surface area (Å²) in [7, 11) is 1.28. The van der Waals surface area contributed by atoms with E-state index in [1.165, 1.54) is 7.11 Å². The highest BCUT2D eigenvalue weighted by Crippen LogP contribution is 2.39. The maximum atomic E-state index is 12.6. The molecule has 0 fully saturated rings. The van der Waals surface area contributed by atoms with Crippen molar-refractivity contribution in [1.82, 2.24) is 5.32 Å². The molecule has 152 valence electrons. The van der Waals surface area contributed by atoms with Crippen molar-refractivity contribution in [2.45, 2.75) is 33.3 Å². The number of dihydropyridines is 1. The molecular weight excluding hydrogens is 368 g/mol. The summed E-state index contributed by atoms with van der Waals surface area (Å²) in [5.74, 6) is -1.76. The first-order valence-electron chi connectivity index (χ1n) is 8.68. The Morgan fingerprint density at radius 3 is 2.21 bits per heavy atom. The number of hydrogen-bond donors (Lipinski definition) is 3. The molecule has 1 unspecified atom stereocenters. The minimum Gasteiger partial charge on any atom is -0.566 e. The van der Waals surface area contributed by atoms with Gasteiger partial charge in [-0.25, -0.2) is 9.59 Å². The Morgan fingerprint density at radius 1 is 1.14 bits per heavy atom. The number of hydrogen-bond acceptors (Lipinski definition) is 8. The Hall–Kier alpha value is -2.72. The number of nitrogens with one attached hydrogen (secondary N) is 2. The minimum absolute atomic E-state index is 0.0971. The van der Waals surface area contributed by atoms with Gasteiger partial charge in [-0.3, -0.25) is 0 Å². The van der Waals surface area contributed by atoms with Crippen LogP contribution in [0.2, 0.25) is 0 Å². The molecule has 28 heavy (non-hydrogen) atoms. The van der Waals surface area contributed by atoms with Crippen LogP contribution in [0.15, 0.2) is 46.8 Å². The lowest BCUT2D eigenvalue weighted by Crippen LogP contribution is -3.03. The van der Waals surface area contributed by atoms with E-state index >= 15 is 0 Å². The zero-order chi connectivity index (χ0) is 20.8.